The van der Waals surface area contributed by atoms with E-state index in [2.05, 4.69) is 33.1 Å². The minimum Gasteiger partial charge on any atom is -0.319 e. The van der Waals surface area contributed by atoms with Gasteiger partial charge in [-0.15, -0.1) is 11.3 Å². The van der Waals surface area contributed by atoms with Gasteiger partial charge in [0.05, 0.1) is 11.2 Å². The molecule has 2 rings (SSSR count). The molecule has 0 amide bonds. The molecule has 0 aliphatic heterocycles. The molecule has 1 aromatic rings. The van der Waals surface area contributed by atoms with E-state index in [4.69, 9.17) is 10.7 Å². The lowest BCUT2D eigenvalue weighted by molar-refractivity contribution is 0.225. The molecule has 1 aliphatic carbocycles. The molecule has 0 unspecified atom stereocenters. The number of rotatable bonds is 3. The van der Waals surface area contributed by atoms with Gasteiger partial charge in [-0.3, -0.25) is 0 Å². The summed E-state index contributed by atoms with van der Waals surface area (Å²) >= 11 is 1.76. The van der Waals surface area contributed by atoms with Gasteiger partial charge in [0.2, 0.25) is 0 Å². The predicted octanol–water partition coefficient (Wildman–Crippen LogP) is 4.58. The summed E-state index contributed by atoms with van der Waals surface area (Å²) in [7, 11) is 0. The molecule has 2 N–H and O–H groups in total. The molecule has 0 spiro atoms. The molecule has 2 nitrogen and oxygen atoms in total. The first kappa shape index (κ1) is 15.0. The van der Waals surface area contributed by atoms with E-state index in [1.165, 1.54) is 31.4 Å². The molecule has 0 bridgehead atoms. The molecule has 3 heteroatoms. The van der Waals surface area contributed by atoms with Crippen molar-refractivity contribution in [1.29, 1.82) is 0 Å². The number of hydrogen-bond donors (Lipinski definition) is 1. The van der Waals surface area contributed by atoms with Gasteiger partial charge in [-0.2, -0.15) is 0 Å². The summed E-state index contributed by atoms with van der Waals surface area (Å²) in [4.78, 5) is 4.84. The third-order valence-corrected chi connectivity index (χ3v) is 5.46. The highest BCUT2D eigenvalue weighted by atomic mass is 32.1. The molecule has 1 saturated carbocycles. The summed E-state index contributed by atoms with van der Waals surface area (Å²) < 4.78 is 0. The van der Waals surface area contributed by atoms with Gasteiger partial charge >= 0.3 is 0 Å². The lowest BCUT2D eigenvalue weighted by atomic mass is 9.76. The molecule has 108 valence electrons. The molecule has 0 radical (unpaired) electrons. The molecular weight excluding hydrogens is 252 g/mol. The summed E-state index contributed by atoms with van der Waals surface area (Å²) in [5.41, 5.74) is 7.81. The third-order valence-electron chi connectivity index (χ3n) is 4.39. The van der Waals surface area contributed by atoms with Crippen molar-refractivity contribution in [2.24, 2.45) is 11.7 Å². The zero-order chi connectivity index (χ0) is 14.1. The predicted molar refractivity (Wildman–Crippen MR) is 83.5 cm³/mol. The Balaban J connectivity index is 2.07. The van der Waals surface area contributed by atoms with Crippen LogP contribution in [0.2, 0.25) is 0 Å². The monoisotopic (exact) mass is 280 g/mol. The van der Waals surface area contributed by atoms with Crippen molar-refractivity contribution in [3.8, 4) is 0 Å². The molecular formula is C16H28N2S. The first-order valence-corrected chi connectivity index (χ1v) is 8.48. The van der Waals surface area contributed by atoms with Crippen molar-refractivity contribution in [2.75, 3.05) is 0 Å². The van der Waals surface area contributed by atoms with E-state index in [1.54, 1.807) is 11.3 Å². The van der Waals surface area contributed by atoms with Crippen LogP contribution in [0.25, 0.3) is 0 Å². The van der Waals surface area contributed by atoms with Crippen LogP contribution in [0.15, 0.2) is 5.38 Å². The lowest BCUT2D eigenvalue weighted by Gasteiger charge is -2.35. The van der Waals surface area contributed by atoms with E-state index >= 15 is 0 Å². The van der Waals surface area contributed by atoms with Gasteiger partial charge in [0, 0.05) is 10.8 Å². The number of thiazole rings is 1. The summed E-state index contributed by atoms with van der Waals surface area (Å²) in [5.74, 6) is 0.892. The van der Waals surface area contributed by atoms with E-state index in [0.29, 0.717) is 0 Å². The zero-order valence-corrected chi connectivity index (χ0v) is 13.6. The molecule has 1 aliphatic rings. The van der Waals surface area contributed by atoms with Crippen LogP contribution in [0.5, 0.6) is 0 Å². The Labute approximate surface area is 121 Å². The highest BCUT2D eigenvalue weighted by molar-refractivity contribution is 7.09. The zero-order valence-electron chi connectivity index (χ0n) is 12.8. The van der Waals surface area contributed by atoms with Gasteiger partial charge in [-0.1, -0.05) is 40.5 Å². The summed E-state index contributed by atoms with van der Waals surface area (Å²) in [6.45, 7) is 8.92. The molecule has 1 fully saturated rings. The second-order valence-corrected chi connectivity index (χ2v) is 8.03. The molecule has 0 aromatic carbocycles. The van der Waals surface area contributed by atoms with E-state index < -0.39 is 0 Å². The highest BCUT2D eigenvalue weighted by Gasteiger charge is 2.36. The smallest absolute Gasteiger partial charge is 0.113 e. The first-order valence-electron chi connectivity index (χ1n) is 7.60. The van der Waals surface area contributed by atoms with Gasteiger partial charge in [0.15, 0.2) is 0 Å². The lowest BCUT2D eigenvalue weighted by Crippen LogP contribution is -2.40. The van der Waals surface area contributed by atoms with Crippen LogP contribution in [0, 0.1) is 5.92 Å². The standard InChI is InChI=1S/C16H28N2S/c1-5-6-12-7-9-16(17,10-8-12)14-18-13(11-19-14)15(2,3)4/h11-12H,5-10,17H2,1-4H3. The average molecular weight is 280 g/mol. The Morgan fingerprint density at radius 1 is 1.37 bits per heavy atom. The maximum absolute atomic E-state index is 6.64. The van der Waals surface area contributed by atoms with Crippen LogP contribution >= 0.6 is 11.3 Å². The van der Waals surface area contributed by atoms with Crippen LogP contribution in [-0.4, -0.2) is 4.98 Å². The SMILES string of the molecule is CCCC1CCC(N)(c2nc(C(C)(C)C)cs2)CC1. The van der Waals surface area contributed by atoms with Crippen molar-refractivity contribution in [1.82, 2.24) is 4.98 Å². The summed E-state index contributed by atoms with van der Waals surface area (Å²) in [6.07, 6.45) is 7.42. The van der Waals surface area contributed by atoms with Gasteiger partial charge < -0.3 is 5.73 Å². The fourth-order valence-electron chi connectivity index (χ4n) is 2.95. The first-order chi connectivity index (χ1) is 8.85. The normalized spacial score (nSPS) is 28.6. The van der Waals surface area contributed by atoms with Gasteiger partial charge in [-0.05, 0) is 31.6 Å². The van der Waals surface area contributed by atoms with Crippen molar-refractivity contribution in [2.45, 2.75) is 77.2 Å². The number of nitrogens with zero attached hydrogens (tertiary/aromatic N) is 1. The van der Waals surface area contributed by atoms with Crippen LogP contribution in [0.4, 0.5) is 0 Å². The molecule has 1 aromatic heterocycles. The van der Waals surface area contributed by atoms with Crippen LogP contribution < -0.4 is 5.73 Å². The van der Waals surface area contributed by atoms with Crippen molar-refractivity contribution in [3.05, 3.63) is 16.1 Å². The topological polar surface area (TPSA) is 38.9 Å². The van der Waals surface area contributed by atoms with Crippen molar-refractivity contribution >= 4 is 11.3 Å². The molecule has 0 atom stereocenters. The Morgan fingerprint density at radius 3 is 2.47 bits per heavy atom. The van der Waals surface area contributed by atoms with E-state index in [1.807, 2.05) is 0 Å². The second kappa shape index (κ2) is 5.53. The molecule has 1 heterocycles. The Morgan fingerprint density at radius 2 is 2.00 bits per heavy atom. The van der Waals surface area contributed by atoms with Crippen LogP contribution in [0.1, 0.15) is 76.9 Å². The average Bonchev–Trinajstić information content (AvgIpc) is 2.82. The fraction of sp³-hybridized carbons (Fsp3) is 0.812. The Bertz CT molecular complexity index is 409. The number of aromatic nitrogens is 1. The van der Waals surface area contributed by atoms with Gasteiger partial charge in [0.25, 0.3) is 0 Å². The fourth-order valence-corrected chi connectivity index (χ4v) is 4.17. The van der Waals surface area contributed by atoms with E-state index in [0.717, 1.165) is 23.8 Å². The Kier molecular flexibility index (Phi) is 4.36. The summed E-state index contributed by atoms with van der Waals surface area (Å²) in [6, 6.07) is 0. The van der Waals surface area contributed by atoms with E-state index in [-0.39, 0.29) is 11.0 Å². The van der Waals surface area contributed by atoms with E-state index in [9.17, 15) is 0 Å². The maximum atomic E-state index is 6.64. The van der Waals surface area contributed by atoms with Crippen molar-refractivity contribution < 1.29 is 0 Å². The highest BCUT2D eigenvalue weighted by Crippen LogP contribution is 2.41. The number of hydrogen-bond acceptors (Lipinski definition) is 3. The minimum absolute atomic E-state index is 0.129. The quantitative estimate of drug-likeness (QED) is 0.880. The molecule has 19 heavy (non-hydrogen) atoms. The van der Waals surface area contributed by atoms with Gasteiger partial charge in [0.1, 0.15) is 5.01 Å². The summed E-state index contributed by atoms with van der Waals surface area (Å²) in [5, 5.41) is 3.36. The minimum atomic E-state index is -0.154. The second-order valence-electron chi connectivity index (χ2n) is 7.18. The Hall–Kier alpha value is -0.410. The van der Waals surface area contributed by atoms with Crippen LogP contribution in [-0.2, 0) is 11.0 Å². The molecule has 0 saturated heterocycles. The van der Waals surface area contributed by atoms with Crippen molar-refractivity contribution in [3.63, 3.8) is 0 Å². The van der Waals surface area contributed by atoms with Gasteiger partial charge in [-0.25, -0.2) is 4.98 Å². The largest absolute Gasteiger partial charge is 0.319 e. The third kappa shape index (κ3) is 3.38. The maximum Gasteiger partial charge on any atom is 0.113 e. The van der Waals surface area contributed by atoms with Crippen LogP contribution in [0.3, 0.4) is 0 Å². The number of nitrogens with two attached hydrogens (primary N) is 1.